The Morgan fingerprint density at radius 2 is 1.71 bits per heavy atom. The lowest BCUT2D eigenvalue weighted by Crippen LogP contribution is -2.45. The Kier molecular flexibility index (Phi) is 5.48. The standard InChI is InChI=1S/C5H11NO2.C5H5N/c1-6(2,3)4-5(7)8;1-2-4-6-5-3-1/h4H2,1-3H3;1-5H/p+1. The maximum Gasteiger partial charge on any atom is 0.166 e. The molecule has 1 heterocycles. The first kappa shape index (κ1) is 12.6. The van der Waals surface area contributed by atoms with Crippen LogP contribution in [-0.2, 0) is 4.79 Å². The van der Waals surface area contributed by atoms with Crippen LogP contribution >= 0.6 is 0 Å². The number of likely N-dealkylation sites (N-methyl/N-ethyl adjacent to an activating group) is 1. The lowest BCUT2D eigenvalue weighted by molar-refractivity contribution is -0.864. The van der Waals surface area contributed by atoms with Gasteiger partial charge >= 0.3 is 0 Å². The SMILES string of the molecule is C[N+](C)(C)CC(=O)[O-].c1cc[nH+]cc1. The van der Waals surface area contributed by atoms with Crippen molar-refractivity contribution in [3.05, 3.63) is 30.6 Å². The topological polar surface area (TPSA) is 54.3 Å². The number of carboxylic acids is 1. The molecule has 0 aliphatic rings. The van der Waals surface area contributed by atoms with E-state index in [4.69, 9.17) is 0 Å². The monoisotopic (exact) mass is 197 g/mol. The van der Waals surface area contributed by atoms with Crippen molar-refractivity contribution in [1.29, 1.82) is 0 Å². The molecule has 0 radical (unpaired) electrons. The van der Waals surface area contributed by atoms with Crippen molar-refractivity contribution in [1.82, 2.24) is 0 Å². The second kappa shape index (κ2) is 6.10. The minimum atomic E-state index is -1.00. The number of aromatic amines is 1. The quantitative estimate of drug-likeness (QED) is 0.568. The summed E-state index contributed by atoms with van der Waals surface area (Å²) in [6, 6.07) is 5.86. The van der Waals surface area contributed by atoms with Gasteiger partial charge in [0.15, 0.2) is 12.4 Å². The third kappa shape index (κ3) is 10.6. The smallest absolute Gasteiger partial charge is 0.166 e. The van der Waals surface area contributed by atoms with Gasteiger partial charge in [-0.3, -0.25) is 0 Å². The first-order valence-corrected chi connectivity index (χ1v) is 4.33. The molecule has 0 amide bonds. The molecule has 0 aliphatic carbocycles. The van der Waals surface area contributed by atoms with Crippen molar-refractivity contribution in [2.24, 2.45) is 0 Å². The van der Waals surface area contributed by atoms with E-state index >= 15 is 0 Å². The van der Waals surface area contributed by atoms with Crippen LogP contribution in [0.5, 0.6) is 0 Å². The summed E-state index contributed by atoms with van der Waals surface area (Å²) in [6.07, 6.45) is 3.75. The molecule has 14 heavy (non-hydrogen) atoms. The van der Waals surface area contributed by atoms with Crippen molar-refractivity contribution in [3.63, 3.8) is 0 Å². The summed E-state index contributed by atoms with van der Waals surface area (Å²) in [5.74, 6) is -1.00. The van der Waals surface area contributed by atoms with Gasteiger partial charge in [0, 0.05) is 12.1 Å². The second-order valence-corrected chi connectivity index (χ2v) is 3.90. The van der Waals surface area contributed by atoms with Crippen molar-refractivity contribution >= 4 is 5.97 Å². The summed E-state index contributed by atoms with van der Waals surface area (Å²) in [4.78, 5) is 12.8. The predicted octanol–water partition coefficient (Wildman–Crippen LogP) is -1.06. The lowest BCUT2D eigenvalue weighted by Gasteiger charge is -2.23. The molecule has 0 fully saturated rings. The van der Waals surface area contributed by atoms with E-state index < -0.39 is 5.97 Å². The molecule has 0 aromatic carbocycles. The number of H-pyrrole nitrogens is 1. The highest BCUT2D eigenvalue weighted by molar-refractivity contribution is 5.65. The molecule has 0 atom stereocenters. The fourth-order valence-corrected chi connectivity index (χ4v) is 0.729. The molecule has 0 saturated heterocycles. The zero-order valence-electron chi connectivity index (χ0n) is 8.86. The Bertz CT molecular complexity index is 228. The molecule has 4 heteroatoms. The first-order chi connectivity index (χ1) is 6.42. The van der Waals surface area contributed by atoms with Crippen molar-refractivity contribution in [2.75, 3.05) is 27.7 Å². The maximum atomic E-state index is 9.89. The van der Waals surface area contributed by atoms with E-state index in [9.17, 15) is 9.90 Å². The number of nitrogens with one attached hydrogen (secondary N) is 1. The number of quaternary nitrogens is 1. The van der Waals surface area contributed by atoms with Crippen LogP contribution in [0, 0.1) is 0 Å². The lowest BCUT2D eigenvalue weighted by atomic mass is 10.5. The Balaban J connectivity index is 0.000000249. The zero-order chi connectivity index (χ0) is 11.0. The summed E-state index contributed by atoms with van der Waals surface area (Å²) in [7, 11) is 5.40. The van der Waals surface area contributed by atoms with Gasteiger partial charge in [-0.15, -0.1) is 0 Å². The van der Waals surface area contributed by atoms with Crippen LogP contribution in [0.2, 0.25) is 0 Å². The number of carbonyl (C=O) groups excluding carboxylic acids is 1. The molecule has 1 aromatic rings. The van der Waals surface area contributed by atoms with Gasteiger partial charge in [0.2, 0.25) is 0 Å². The summed E-state index contributed by atoms with van der Waals surface area (Å²) in [6.45, 7) is 0.0694. The number of aliphatic carboxylic acids is 1. The normalized spacial score (nSPS) is 9.93. The van der Waals surface area contributed by atoms with Gasteiger partial charge in [0.25, 0.3) is 0 Å². The minimum absolute atomic E-state index is 0.0694. The number of carboxylic acid groups (broad SMARTS) is 1. The van der Waals surface area contributed by atoms with E-state index in [1.54, 1.807) is 21.1 Å². The zero-order valence-corrected chi connectivity index (χ0v) is 8.86. The van der Waals surface area contributed by atoms with Gasteiger partial charge < -0.3 is 14.4 Å². The molecular weight excluding hydrogens is 180 g/mol. The number of aromatic nitrogens is 1. The molecule has 1 rings (SSSR count). The van der Waals surface area contributed by atoms with Crippen molar-refractivity contribution in [2.45, 2.75) is 0 Å². The Morgan fingerprint density at radius 3 is 1.79 bits per heavy atom. The maximum absolute atomic E-state index is 9.89. The number of pyridine rings is 1. The van der Waals surface area contributed by atoms with E-state index in [-0.39, 0.29) is 6.54 Å². The summed E-state index contributed by atoms with van der Waals surface area (Å²) in [5, 5.41) is 9.89. The molecule has 0 spiro atoms. The third-order valence-electron chi connectivity index (χ3n) is 1.21. The molecule has 1 N–H and O–H groups in total. The minimum Gasteiger partial charge on any atom is -0.544 e. The van der Waals surface area contributed by atoms with E-state index in [2.05, 4.69) is 4.98 Å². The van der Waals surface area contributed by atoms with Crippen LogP contribution in [-0.4, -0.2) is 38.1 Å². The van der Waals surface area contributed by atoms with E-state index in [0.29, 0.717) is 4.48 Å². The highest BCUT2D eigenvalue weighted by Gasteiger charge is 2.04. The average molecular weight is 197 g/mol. The van der Waals surface area contributed by atoms with Gasteiger partial charge in [0.05, 0.1) is 27.1 Å². The van der Waals surface area contributed by atoms with Crippen LogP contribution < -0.4 is 10.1 Å². The van der Waals surface area contributed by atoms with Crippen LogP contribution in [0.15, 0.2) is 30.6 Å². The highest BCUT2D eigenvalue weighted by Crippen LogP contribution is 1.84. The van der Waals surface area contributed by atoms with Gasteiger partial charge in [-0.1, -0.05) is 6.07 Å². The second-order valence-electron chi connectivity index (χ2n) is 3.90. The van der Waals surface area contributed by atoms with E-state index in [1.807, 2.05) is 30.6 Å². The molecule has 0 aliphatic heterocycles. The van der Waals surface area contributed by atoms with Crippen LogP contribution in [0.1, 0.15) is 0 Å². The average Bonchev–Trinajstić information content (AvgIpc) is 2.03. The van der Waals surface area contributed by atoms with Crippen molar-refractivity contribution < 1.29 is 19.4 Å². The Morgan fingerprint density at radius 1 is 1.21 bits per heavy atom. The summed E-state index contributed by atoms with van der Waals surface area (Å²) >= 11 is 0. The molecule has 0 unspecified atom stereocenters. The number of carbonyl (C=O) groups is 1. The summed E-state index contributed by atoms with van der Waals surface area (Å²) < 4.78 is 0.419. The number of nitrogens with zero attached hydrogens (tertiary/aromatic N) is 1. The van der Waals surface area contributed by atoms with Gasteiger partial charge in [-0.25, -0.2) is 4.98 Å². The van der Waals surface area contributed by atoms with Crippen LogP contribution in [0.4, 0.5) is 0 Å². The molecule has 4 nitrogen and oxygen atoms in total. The molecule has 78 valence electrons. The first-order valence-electron chi connectivity index (χ1n) is 4.33. The third-order valence-corrected chi connectivity index (χ3v) is 1.21. The Labute approximate surface area is 84.4 Å². The molecule has 1 aromatic heterocycles. The fourth-order valence-electron chi connectivity index (χ4n) is 0.729. The van der Waals surface area contributed by atoms with E-state index in [1.165, 1.54) is 0 Å². The highest BCUT2D eigenvalue weighted by atomic mass is 16.4. The fraction of sp³-hybridized carbons (Fsp3) is 0.400. The van der Waals surface area contributed by atoms with Gasteiger partial charge in [-0.2, -0.15) is 0 Å². The van der Waals surface area contributed by atoms with Crippen LogP contribution in [0.25, 0.3) is 0 Å². The predicted molar refractivity (Wildman–Crippen MR) is 50.9 cm³/mol. The summed E-state index contributed by atoms with van der Waals surface area (Å²) in [5.41, 5.74) is 0. The van der Waals surface area contributed by atoms with Crippen LogP contribution in [0.3, 0.4) is 0 Å². The number of rotatable bonds is 2. The molecule has 0 saturated carbocycles. The number of hydrogen-bond acceptors (Lipinski definition) is 2. The molecule has 0 bridgehead atoms. The van der Waals surface area contributed by atoms with E-state index in [0.717, 1.165) is 0 Å². The number of hydrogen-bond donors (Lipinski definition) is 0. The van der Waals surface area contributed by atoms with Gasteiger partial charge in [-0.05, 0) is 0 Å². The molecular formula is C10H17N2O2+. The Hall–Kier alpha value is -1.42. The van der Waals surface area contributed by atoms with Crippen molar-refractivity contribution in [3.8, 4) is 0 Å². The van der Waals surface area contributed by atoms with Gasteiger partial charge in [0.1, 0.15) is 6.54 Å². The largest absolute Gasteiger partial charge is 0.544 e.